The van der Waals surface area contributed by atoms with Crippen molar-refractivity contribution in [2.45, 2.75) is 31.5 Å². The highest BCUT2D eigenvalue weighted by atomic mass is 35.5. The van der Waals surface area contributed by atoms with Crippen molar-refractivity contribution in [3.63, 3.8) is 0 Å². The molecule has 0 aliphatic carbocycles. The summed E-state index contributed by atoms with van der Waals surface area (Å²) in [5.41, 5.74) is 0.459. The molecule has 1 aliphatic rings. The molecule has 1 amide bonds. The van der Waals surface area contributed by atoms with E-state index in [1.54, 1.807) is 6.92 Å². The summed E-state index contributed by atoms with van der Waals surface area (Å²) in [7, 11) is 0. The van der Waals surface area contributed by atoms with E-state index in [4.69, 9.17) is 23.2 Å². The molecule has 0 spiro atoms. The Morgan fingerprint density at radius 3 is 2.71 bits per heavy atom. The Kier molecular flexibility index (Phi) is 6.69. The number of β-amino-alcohol motifs (C(OH)–C–C–N with tert-alkyl or cyclic N) is 1. The third kappa shape index (κ3) is 4.44. The third-order valence-electron chi connectivity index (χ3n) is 3.29. The summed E-state index contributed by atoms with van der Waals surface area (Å²) >= 11 is 11.6. The van der Waals surface area contributed by atoms with Crippen molar-refractivity contribution in [3.05, 3.63) is 33.6 Å². The molecule has 21 heavy (non-hydrogen) atoms. The summed E-state index contributed by atoms with van der Waals surface area (Å²) in [6.45, 7) is 2.10. The van der Waals surface area contributed by atoms with Crippen LogP contribution >= 0.6 is 35.6 Å². The van der Waals surface area contributed by atoms with E-state index in [2.05, 4.69) is 10.6 Å². The summed E-state index contributed by atoms with van der Waals surface area (Å²) < 4.78 is 13.5. The fourth-order valence-electron chi connectivity index (χ4n) is 2.18. The molecule has 1 aromatic rings. The predicted octanol–water partition coefficient (Wildman–Crippen LogP) is 2.45. The summed E-state index contributed by atoms with van der Waals surface area (Å²) in [5.74, 6) is -0.831. The highest BCUT2D eigenvalue weighted by Crippen LogP contribution is 2.28. The predicted molar refractivity (Wildman–Crippen MR) is 82.6 cm³/mol. The molecule has 1 saturated heterocycles. The van der Waals surface area contributed by atoms with Crippen LogP contribution in [-0.4, -0.2) is 29.7 Å². The van der Waals surface area contributed by atoms with Crippen LogP contribution in [0.3, 0.4) is 0 Å². The minimum absolute atomic E-state index is 0. The molecule has 1 aromatic carbocycles. The van der Waals surface area contributed by atoms with E-state index in [-0.39, 0.29) is 23.3 Å². The van der Waals surface area contributed by atoms with E-state index in [0.717, 1.165) is 0 Å². The van der Waals surface area contributed by atoms with Crippen LogP contribution in [0.1, 0.15) is 24.9 Å². The zero-order chi connectivity index (χ0) is 14.9. The minimum atomic E-state index is -0.582. The third-order valence-corrected chi connectivity index (χ3v) is 3.91. The summed E-state index contributed by atoms with van der Waals surface area (Å²) in [5, 5.41) is 15.3. The van der Waals surface area contributed by atoms with Gasteiger partial charge in [-0.3, -0.25) is 4.79 Å². The first-order chi connectivity index (χ1) is 9.38. The van der Waals surface area contributed by atoms with Crippen LogP contribution in [0.15, 0.2) is 12.1 Å². The number of hydrogen-bond donors (Lipinski definition) is 3. The molecule has 8 heteroatoms. The smallest absolute Gasteiger partial charge is 0.237 e. The van der Waals surface area contributed by atoms with Gasteiger partial charge in [0, 0.05) is 11.6 Å². The Morgan fingerprint density at radius 1 is 1.48 bits per heavy atom. The molecule has 0 radical (unpaired) electrons. The molecule has 0 bridgehead atoms. The second kappa shape index (κ2) is 7.61. The van der Waals surface area contributed by atoms with Gasteiger partial charge in [0.1, 0.15) is 5.82 Å². The minimum Gasteiger partial charge on any atom is -0.392 e. The van der Waals surface area contributed by atoms with Crippen LogP contribution in [0.4, 0.5) is 4.39 Å². The Hall–Kier alpha value is -0.590. The van der Waals surface area contributed by atoms with Gasteiger partial charge in [0.2, 0.25) is 5.91 Å². The maximum absolute atomic E-state index is 13.5. The van der Waals surface area contributed by atoms with Gasteiger partial charge in [-0.2, -0.15) is 0 Å². The highest BCUT2D eigenvalue weighted by Gasteiger charge is 2.29. The lowest BCUT2D eigenvalue weighted by Gasteiger charge is -2.19. The topological polar surface area (TPSA) is 61.4 Å². The number of halogens is 4. The van der Waals surface area contributed by atoms with Crippen LogP contribution in [-0.2, 0) is 4.79 Å². The molecule has 3 unspecified atom stereocenters. The molecule has 4 nitrogen and oxygen atoms in total. The first kappa shape index (κ1) is 18.5. The molecule has 3 atom stereocenters. The van der Waals surface area contributed by atoms with Crippen LogP contribution in [0.2, 0.25) is 10.0 Å². The van der Waals surface area contributed by atoms with E-state index < -0.39 is 24.0 Å². The van der Waals surface area contributed by atoms with Crippen LogP contribution < -0.4 is 10.6 Å². The fraction of sp³-hybridized carbons (Fsp3) is 0.462. The lowest BCUT2D eigenvalue weighted by molar-refractivity contribution is -0.123. The number of aliphatic hydroxyl groups is 1. The number of aliphatic hydroxyl groups excluding tert-OH is 1. The van der Waals surface area contributed by atoms with E-state index >= 15 is 0 Å². The standard InChI is InChI=1S/C13H15Cl2FN2O2.ClH/c1-6(8-3-11(16)10(15)4-9(8)14)18-13(20)12-2-7(19)5-17-12;/h3-4,6-7,12,17,19H,2,5H2,1H3,(H,18,20);1H. The van der Waals surface area contributed by atoms with Gasteiger partial charge in [-0.15, -0.1) is 12.4 Å². The Balaban J connectivity index is 0.00000220. The van der Waals surface area contributed by atoms with Crippen molar-refractivity contribution in [1.82, 2.24) is 10.6 Å². The lowest BCUT2D eigenvalue weighted by Crippen LogP contribution is -2.41. The second-order valence-corrected chi connectivity index (χ2v) is 5.68. The molecule has 118 valence electrons. The van der Waals surface area contributed by atoms with Crippen LogP contribution in [0.5, 0.6) is 0 Å². The van der Waals surface area contributed by atoms with Crippen molar-refractivity contribution in [3.8, 4) is 0 Å². The van der Waals surface area contributed by atoms with Crippen molar-refractivity contribution < 1.29 is 14.3 Å². The molecular formula is C13H16Cl3FN2O2. The summed E-state index contributed by atoms with van der Waals surface area (Å²) in [6.07, 6.45) is -0.154. The van der Waals surface area contributed by atoms with Gasteiger partial charge >= 0.3 is 0 Å². The normalized spacial score (nSPS) is 22.5. The molecule has 2 rings (SSSR count). The van der Waals surface area contributed by atoms with Gasteiger partial charge in [0.25, 0.3) is 0 Å². The van der Waals surface area contributed by atoms with Crippen molar-refractivity contribution >= 4 is 41.5 Å². The zero-order valence-electron chi connectivity index (χ0n) is 11.2. The molecule has 3 N–H and O–H groups in total. The lowest BCUT2D eigenvalue weighted by atomic mass is 10.1. The number of carbonyl (C=O) groups excluding carboxylic acids is 1. The van der Waals surface area contributed by atoms with E-state index in [0.29, 0.717) is 23.6 Å². The number of rotatable bonds is 3. The van der Waals surface area contributed by atoms with Gasteiger partial charge < -0.3 is 15.7 Å². The number of carbonyl (C=O) groups is 1. The SMILES string of the molecule is CC(NC(=O)C1CC(O)CN1)c1cc(F)c(Cl)cc1Cl.Cl. The Morgan fingerprint density at radius 2 is 2.14 bits per heavy atom. The van der Waals surface area contributed by atoms with Crippen LogP contribution in [0.25, 0.3) is 0 Å². The average Bonchev–Trinajstić information content (AvgIpc) is 2.80. The zero-order valence-corrected chi connectivity index (χ0v) is 13.5. The second-order valence-electron chi connectivity index (χ2n) is 4.87. The quantitative estimate of drug-likeness (QED) is 0.728. The van der Waals surface area contributed by atoms with Gasteiger partial charge in [-0.25, -0.2) is 4.39 Å². The van der Waals surface area contributed by atoms with Gasteiger partial charge in [0.15, 0.2) is 0 Å². The number of amides is 1. The molecule has 1 heterocycles. The Bertz CT molecular complexity index is 530. The monoisotopic (exact) mass is 356 g/mol. The highest BCUT2D eigenvalue weighted by molar-refractivity contribution is 6.35. The maximum atomic E-state index is 13.5. The number of nitrogens with one attached hydrogen (secondary N) is 2. The number of hydrogen-bond acceptors (Lipinski definition) is 3. The first-order valence-electron chi connectivity index (χ1n) is 6.24. The van der Waals surface area contributed by atoms with E-state index in [1.165, 1.54) is 12.1 Å². The number of benzene rings is 1. The van der Waals surface area contributed by atoms with Crippen molar-refractivity contribution in [2.75, 3.05) is 6.54 Å². The Labute approximate surface area is 138 Å². The van der Waals surface area contributed by atoms with E-state index in [9.17, 15) is 14.3 Å². The molecular weight excluding hydrogens is 342 g/mol. The van der Waals surface area contributed by atoms with Crippen molar-refractivity contribution in [1.29, 1.82) is 0 Å². The van der Waals surface area contributed by atoms with E-state index in [1.807, 2.05) is 0 Å². The molecule has 0 aromatic heterocycles. The summed E-state index contributed by atoms with van der Waals surface area (Å²) in [6, 6.07) is 1.63. The molecule has 0 saturated carbocycles. The van der Waals surface area contributed by atoms with Gasteiger partial charge in [-0.1, -0.05) is 23.2 Å². The van der Waals surface area contributed by atoms with Crippen molar-refractivity contribution in [2.24, 2.45) is 0 Å². The summed E-state index contributed by atoms with van der Waals surface area (Å²) in [4.78, 5) is 12.0. The molecule has 1 fully saturated rings. The average molecular weight is 358 g/mol. The molecule has 1 aliphatic heterocycles. The van der Waals surface area contributed by atoms with Gasteiger partial charge in [-0.05, 0) is 31.0 Å². The maximum Gasteiger partial charge on any atom is 0.237 e. The van der Waals surface area contributed by atoms with Crippen LogP contribution in [0, 0.1) is 5.82 Å². The van der Waals surface area contributed by atoms with Gasteiger partial charge in [0.05, 0.1) is 23.2 Å². The first-order valence-corrected chi connectivity index (χ1v) is 7.00. The largest absolute Gasteiger partial charge is 0.392 e. The fourth-order valence-corrected chi connectivity index (χ4v) is 2.73.